The van der Waals surface area contributed by atoms with Crippen molar-refractivity contribution in [1.29, 1.82) is 0 Å². The van der Waals surface area contributed by atoms with E-state index in [9.17, 15) is 0 Å². The summed E-state index contributed by atoms with van der Waals surface area (Å²) in [5.74, 6) is 1.88. The van der Waals surface area contributed by atoms with Crippen molar-refractivity contribution in [2.24, 2.45) is 7.05 Å². The molecule has 7 nitrogen and oxygen atoms in total. The second-order valence-electron chi connectivity index (χ2n) is 8.24. The number of aryl methyl sites for hydroxylation is 3. The van der Waals surface area contributed by atoms with Gasteiger partial charge in [-0.15, -0.1) is 11.3 Å². The molecular formula is C21H31N7S. The van der Waals surface area contributed by atoms with Crippen molar-refractivity contribution in [3.8, 4) is 0 Å². The van der Waals surface area contributed by atoms with Gasteiger partial charge < -0.3 is 10.2 Å². The molecule has 3 aromatic rings. The number of anilines is 1. The van der Waals surface area contributed by atoms with Crippen molar-refractivity contribution < 1.29 is 0 Å². The molecule has 1 unspecified atom stereocenters. The molecule has 1 atom stereocenters. The zero-order valence-corrected chi connectivity index (χ0v) is 18.9. The van der Waals surface area contributed by atoms with E-state index in [1.54, 1.807) is 11.3 Å². The first kappa shape index (κ1) is 20.3. The van der Waals surface area contributed by atoms with E-state index in [2.05, 4.69) is 54.4 Å². The minimum absolute atomic E-state index is 0.218. The van der Waals surface area contributed by atoms with E-state index in [0.717, 1.165) is 42.7 Å². The smallest absolute Gasteiger partial charge is 0.146 e. The molecule has 3 aromatic heterocycles. The van der Waals surface area contributed by atoms with Crippen LogP contribution in [0.25, 0.3) is 10.2 Å². The number of aromatic nitrogens is 4. The van der Waals surface area contributed by atoms with Gasteiger partial charge in [0.1, 0.15) is 16.5 Å². The molecular weight excluding hydrogens is 382 g/mol. The molecule has 156 valence electrons. The fourth-order valence-corrected chi connectivity index (χ4v) is 5.09. The summed E-state index contributed by atoms with van der Waals surface area (Å²) in [6, 6.07) is 0.218. The molecule has 0 aromatic carbocycles. The monoisotopic (exact) mass is 413 g/mol. The van der Waals surface area contributed by atoms with Gasteiger partial charge in [0.2, 0.25) is 0 Å². The lowest BCUT2D eigenvalue weighted by molar-refractivity contribution is 0.311. The normalized spacial score (nSPS) is 16.2. The van der Waals surface area contributed by atoms with E-state index >= 15 is 0 Å². The first-order valence-electron chi connectivity index (χ1n) is 10.3. The van der Waals surface area contributed by atoms with Crippen LogP contribution in [0, 0.1) is 13.8 Å². The van der Waals surface area contributed by atoms with Crippen molar-refractivity contribution in [1.82, 2.24) is 29.5 Å². The largest absolute Gasteiger partial charge is 0.367 e. The Bertz CT molecular complexity index is 984. The predicted octanol–water partition coefficient (Wildman–Crippen LogP) is 3.35. The van der Waals surface area contributed by atoms with Gasteiger partial charge in [-0.1, -0.05) is 0 Å². The number of fused-ring (bicyclic) bond motifs is 1. The highest BCUT2D eigenvalue weighted by atomic mass is 32.1. The third-order valence-corrected chi connectivity index (χ3v) is 6.94. The summed E-state index contributed by atoms with van der Waals surface area (Å²) in [7, 11) is 6.17. The Kier molecular flexibility index (Phi) is 5.85. The highest BCUT2D eigenvalue weighted by Gasteiger charge is 2.20. The number of likely N-dealkylation sites (N-methyl/N-ethyl adjacent to an activating group) is 1. The number of likely N-dealkylation sites (tertiary alicyclic amines) is 1. The van der Waals surface area contributed by atoms with Crippen molar-refractivity contribution in [2.75, 3.05) is 39.0 Å². The third kappa shape index (κ3) is 4.29. The van der Waals surface area contributed by atoms with E-state index in [0.29, 0.717) is 0 Å². The lowest BCUT2D eigenvalue weighted by Gasteiger charge is -2.24. The van der Waals surface area contributed by atoms with Crippen LogP contribution in [-0.2, 0) is 13.6 Å². The molecule has 4 rings (SSSR count). The Hall–Kier alpha value is -2.03. The Morgan fingerprint density at radius 3 is 2.62 bits per heavy atom. The minimum Gasteiger partial charge on any atom is -0.367 e. The number of rotatable bonds is 7. The van der Waals surface area contributed by atoms with Crippen LogP contribution >= 0.6 is 11.3 Å². The van der Waals surface area contributed by atoms with Gasteiger partial charge >= 0.3 is 0 Å². The van der Waals surface area contributed by atoms with Crippen LogP contribution in [0.5, 0.6) is 0 Å². The zero-order chi connectivity index (χ0) is 20.5. The van der Waals surface area contributed by atoms with E-state index in [-0.39, 0.29) is 6.04 Å². The average Bonchev–Trinajstić information content (AvgIpc) is 3.38. The molecule has 8 heteroatoms. The predicted molar refractivity (Wildman–Crippen MR) is 120 cm³/mol. The standard InChI is InChI=1S/C21H31N7S/c1-14-15(2)29-21-19(14)20(24-18(25-21)13-28-8-6-7-9-28)22-11-17(26(3)4)16-10-23-27(5)12-16/h10,12,17H,6-9,11,13H2,1-5H3,(H,22,24,25). The first-order chi connectivity index (χ1) is 13.9. The van der Waals surface area contributed by atoms with Gasteiger partial charge in [-0.05, 0) is 59.4 Å². The van der Waals surface area contributed by atoms with Crippen LogP contribution in [0.2, 0.25) is 0 Å². The Labute approximate surface area is 176 Å². The van der Waals surface area contributed by atoms with E-state index in [1.165, 1.54) is 34.2 Å². The minimum atomic E-state index is 0.218. The van der Waals surface area contributed by atoms with Gasteiger partial charge in [-0.25, -0.2) is 9.97 Å². The molecule has 0 aliphatic carbocycles. The fraction of sp³-hybridized carbons (Fsp3) is 0.571. The van der Waals surface area contributed by atoms with Crippen LogP contribution in [0.1, 0.15) is 40.7 Å². The Balaban J connectivity index is 1.63. The summed E-state index contributed by atoms with van der Waals surface area (Å²) < 4.78 is 1.86. The van der Waals surface area contributed by atoms with Gasteiger partial charge in [0, 0.05) is 30.2 Å². The molecule has 1 aliphatic heterocycles. The highest BCUT2D eigenvalue weighted by Crippen LogP contribution is 2.34. The molecule has 1 saturated heterocycles. The van der Waals surface area contributed by atoms with Crippen LogP contribution in [-0.4, -0.2) is 63.3 Å². The Morgan fingerprint density at radius 2 is 1.97 bits per heavy atom. The molecule has 0 radical (unpaired) electrons. The average molecular weight is 414 g/mol. The molecule has 0 saturated carbocycles. The van der Waals surface area contributed by atoms with Gasteiger partial charge in [-0.3, -0.25) is 9.58 Å². The number of thiophene rings is 1. The number of nitrogens with zero attached hydrogens (tertiary/aromatic N) is 6. The summed E-state index contributed by atoms with van der Waals surface area (Å²) in [5, 5.41) is 9.17. The van der Waals surface area contributed by atoms with Crippen LogP contribution in [0.3, 0.4) is 0 Å². The van der Waals surface area contributed by atoms with E-state index < -0.39 is 0 Å². The fourth-order valence-electron chi connectivity index (χ4n) is 4.04. The summed E-state index contributed by atoms with van der Waals surface area (Å²) in [6.07, 6.45) is 6.59. The molecule has 1 N–H and O–H groups in total. The van der Waals surface area contributed by atoms with Crippen LogP contribution in [0.15, 0.2) is 12.4 Å². The molecule has 1 fully saturated rings. The van der Waals surface area contributed by atoms with Gasteiger partial charge in [0.25, 0.3) is 0 Å². The maximum absolute atomic E-state index is 4.97. The number of hydrogen-bond acceptors (Lipinski definition) is 7. The lowest BCUT2D eigenvalue weighted by atomic mass is 10.1. The molecule has 0 spiro atoms. The van der Waals surface area contributed by atoms with Gasteiger partial charge in [0.15, 0.2) is 0 Å². The van der Waals surface area contributed by atoms with Crippen molar-refractivity contribution in [3.63, 3.8) is 0 Å². The maximum atomic E-state index is 4.97. The number of hydrogen-bond donors (Lipinski definition) is 1. The third-order valence-electron chi connectivity index (χ3n) is 5.83. The van der Waals surface area contributed by atoms with Gasteiger partial charge in [0.05, 0.1) is 24.2 Å². The topological polar surface area (TPSA) is 62.1 Å². The molecule has 1 aliphatic rings. The quantitative estimate of drug-likeness (QED) is 0.641. The summed E-state index contributed by atoms with van der Waals surface area (Å²) in [5.41, 5.74) is 2.48. The number of nitrogens with one attached hydrogen (secondary N) is 1. The second-order valence-corrected chi connectivity index (χ2v) is 9.45. The summed E-state index contributed by atoms with van der Waals surface area (Å²) in [6.45, 7) is 8.24. The zero-order valence-electron chi connectivity index (χ0n) is 18.1. The highest BCUT2D eigenvalue weighted by molar-refractivity contribution is 7.18. The van der Waals surface area contributed by atoms with Crippen molar-refractivity contribution in [2.45, 2.75) is 39.3 Å². The second kappa shape index (κ2) is 8.38. The molecule has 0 bridgehead atoms. The summed E-state index contributed by atoms with van der Waals surface area (Å²) in [4.78, 5) is 17.0. The Morgan fingerprint density at radius 1 is 1.21 bits per heavy atom. The van der Waals surface area contributed by atoms with E-state index in [1.807, 2.05) is 17.9 Å². The van der Waals surface area contributed by atoms with Crippen molar-refractivity contribution in [3.05, 3.63) is 34.2 Å². The van der Waals surface area contributed by atoms with E-state index in [4.69, 9.17) is 9.97 Å². The molecule has 29 heavy (non-hydrogen) atoms. The van der Waals surface area contributed by atoms with Gasteiger partial charge in [-0.2, -0.15) is 5.10 Å². The lowest BCUT2D eigenvalue weighted by Crippen LogP contribution is -2.27. The maximum Gasteiger partial charge on any atom is 0.146 e. The molecule has 4 heterocycles. The SMILES string of the molecule is Cc1sc2nc(CN3CCCC3)nc(NCC(c3cnn(C)c3)N(C)C)c2c1C. The van der Waals surface area contributed by atoms with Crippen LogP contribution < -0.4 is 5.32 Å². The summed E-state index contributed by atoms with van der Waals surface area (Å²) >= 11 is 1.77. The van der Waals surface area contributed by atoms with Crippen LogP contribution in [0.4, 0.5) is 5.82 Å². The first-order valence-corrected chi connectivity index (χ1v) is 11.1. The van der Waals surface area contributed by atoms with Crippen molar-refractivity contribution >= 4 is 27.4 Å². The molecule has 0 amide bonds.